The number of ether oxygens (including phenoxy) is 2. The van der Waals surface area contributed by atoms with E-state index in [4.69, 9.17) is 26.0 Å². The first-order valence-electron chi connectivity index (χ1n) is 42.7. The average molecular weight is 2260 g/mol. The predicted molar refractivity (Wildman–Crippen MR) is 558 cm³/mol. The Hall–Kier alpha value is -14.7. The molecule has 0 saturated carbocycles. The van der Waals surface area contributed by atoms with Crippen LogP contribution in [0.15, 0.2) is 306 Å². The summed E-state index contributed by atoms with van der Waals surface area (Å²) in [7, 11) is 4.55. The summed E-state index contributed by atoms with van der Waals surface area (Å²) in [6, 6.07) is 71.7. The summed E-state index contributed by atoms with van der Waals surface area (Å²) >= 11 is 15.2. The van der Waals surface area contributed by atoms with Gasteiger partial charge >= 0.3 is 19.1 Å². The number of hydrogen-bond acceptors (Lipinski definition) is 23. The van der Waals surface area contributed by atoms with Gasteiger partial charge in [-0.3, -0.25) is 20.9 Å². The number of aromatic nitrogens is 13. The molecule has 17 rings (SSSR count). The van der Waals surface area contributed by atoms with Crippen molar-refractivity contribution in [3.8, 4) is 28.3 Å². The maximum absolute atomic E-state index is 15.5. The second kappa shape index (κ2) is 54.2. The molecule has 0 radical (unpaired) electrons. The van der Waals surface area contributed by atoms with Crippen molar-refractivity contribution in [2.24, 2.45) is 15.9 Å². The number of H-pyrrole nitrogens is 2. The summed E-state index contributed by atoms with van der Waals surface area (Å²) in [5, 5.41) is 36.4. The highest BCUT2D eigenvalue weighted by molar-refractivity contribution is 9.11. The Morgan fingerprint density at radius 1 is 0.472 bits per heavy atom. The molecule has 142 heavy (non-hydrogen) atoms. The van der Waals surface area contributed by atoms with Gasteiger partial charge in [-0.1, -0.05) is 121 Å². The number of aromatic amines is 2. The van der Waals surface area contributed by atoms with Crippen LogP contribution in [-0.2, 0) is 45.2 Å². The number of ketones is 1. The minimum absolute atomic E-state index is 0.0301. The number of carbonyl (C=O) groups excluding carboxylic acids is 4. The number of nitrogens with one attached hydrogen (secondary N) is 4. The number of hydrogen-bond donors (Lipinski definition) is 8. The van der Waals surface area contributed by atoms with Gasteiger partial charge in [0.25, 0.3) is 0 Å². The lowest BCUT2D eigenvalue weighted by Crippen LogP contribution is -2.30. The van der Waals surface area contributed by atoms with Crippen molar-refractivity contribution in [3.63, 3.8) is 0 Å². The minimum Gasteiger partial charge on any atom is -0.465 e. The van der Waals surface area contributed by atoms with Crippen LogP contribution in [0.4, 0.5) is 55.0 Å². The molecule has 0 saturated heterocycles. The molecule has 1 amide bonds. The fourth-order valence-corrected chi connectivity index (χ4v) is 14.3. The molecule has 0 spiro atoms. The molecule has 17 aromatic rings. The molecule has 10 N–H and O–H groups in total. The number of pyridine rings is 2. The first kappa shape index (κ1) is 109. The number of fused-ring (bicyclic) bond motifs is 2. The number of rotatable bonds is 23. The molecule has 7 aromatic heterocycles. The maximum Gasteiger partial charge on any atom is 0.505 e. The summed E-state index contributed by atoms with van der Waals surface area (Å²) in [5.41, 5.74) is 20.8. The summed E-state index contributed by atoms with van der Waals surface area (Å²) in [6.07, 6.45) is 10.5. The van der Waals surface area contributed by atoms with Crippen molar-refractivity contribution < 1.29 is 65.0 Å². The van der Waals surface area contributed by atoms with Crippen molar-refractivity contribution in [2.45, 2.75) is 67.2 Å². The lowest BCUT2D eigenvalue weighted by molar-refractivity contribution is -0.116. The summed E-state index contributed by atoms with van der Waals surface area (Å²) in [5.74, 6) is 5.12. The van der Waals surface area contributed by atoms with Crippen LogP contribution in [0, 0.1) is 55.7 Å². The number of hydrazine groups is 1. The quantitative estimate of drug-likeness (QED) is 0.00431. The topological polar surface area (TPSA) is 387 Å². The first-order valence-corrected chi connectivity index (χ1v) is 46.7. The highest BCUT2D eigenvalue weighted by Gasteiger charge is 2.27. The van der Waals surface area contributed by atoms with Crippen LogP contribution < -0.4 is 37.8 Å². The van der Waals surface area contributed by atoms with Gasteiger partial charge in [0.15, 0.2) is 11.6 Å². The number of nitrogens with two attached hydrogens (primary N) is 2. The Balaban J connectivity index is 0.000000180. The second-order valence-corrected chi connectivity index (χ2v) is 34.9. The molecular weight excluding hydrogens is 2160 g/mol. The third kappa shape index (κ3) is 32.2. The molecule has 0 bridgehead atoms. The van der Waals surface area contributed by atoms with Crippen molar-refractivity contribution in [1.82, 2.24) is 69.1 Å². The summed E-state index contributed by atoms with van der Waals surface area (Å²) in [6.45, 7) is 10.6. The average Bonchev–Trinajstić information content (AvgIpc) is 1.65. The van der Waals surface area contributed by atoms with Gasteiger partial charge in [0.2, 0.25) is 5.91 Å². The summed E-state index contributed by atoms with van der Waals surface area (Å²) < 4.78 is 96.9. The van der Waals surface area contributed by atoms with E-state index in [0.717, 1.165) is 33.9 Å². The van der Waals surface area contributed by atoms with E-state index in [1.165, 1.54) is 108 Å². The van der Waals surface area contributed by atoms with E-state index in [2.05, 4.69) is 180 Å². The smallest absolute Gasteiger partial charge is 0.465 e. The van der Waals surface area contributed by atoms with Crippen LogP contribution in [0.5, 0.6) is 0 Å². The monoisotopic (exact) mass is 2250 g/mol. The number of carbonyl (C=O) groups is 4. The number of anilines is 5. The largest absolute Gasteiger partial charge is 0.505 e. The number of esters is 2. The van der Waals surface area contributed by atoms with Crippen LogP contribution >= 0.6 is 79.6 Å². The first-order chi connectivity index (χ1) is 68.1. The van der Waals surface area contributed by atoms with Crippen molar-refractivity contribution in [3.05, 3.63) is 382 Å². The Morgan fingerprint density at radius 2 is 0.838 bits per heavy atom. The number of methoxy groups -OCH3 is 2. The highest BCUT2D eigenvalue weighted by atomic mass is 79.9. The Kier molecular flexibility index (Phi) is 41.8. The fourth-order valence-electron chi connectivity index (χ4n) is 13.1. The molecule has 0 aliphatic carbocycles. The van der Waals surface area contributed by atoms with Gasteiger partial charge in [0.05, 0.1) is 93.5 Å². The Bertz CT molecular complexity index is 6990. The number of nitrogens with zero attached hydrogens (tertiary/aromatic N) is 16. The van der Waals surface area contributed by atoms with Crippen molar-refractivity contribution in [2.75, 3.05) is 54.7 Å². The highest BCUT2D eigenvalue weighted by Crippen LogP contribution is 2.37. The van der Waals surface area contributed by atoms with E-state index in [0.29, 0.717) is 139 Å². The van der Waals surface area contributed by atoms with Crippen molar-refractivity contribution in [1.29, 1.82) is 0 Å². The lowest BCUT2D eigenvalue weighted by atomic mass is 9.86. The number of hydrazone groups is 1. The molecule has 732 valence electrons. The molecule has 0 atom stereocenters. The number of aliphatic imine (C=N–C) groups is 1. The van der Waals surface area contributed by atoms with Gasteiger partial charge in [-0.05, 0) is 227 Å². The normalized spacial score (nSPS) is 10.6. The summed E-state index contributed by atoms with van der Waals surface area (Å²) in [4.78, 5) is 82.8. The molecule has 0 aliphatic rings. The number of halogens is 11. The van der Waals surface area contributed by atoms with E-state index in [1.54, 1.807) is 111 Å². The van der Waals surface area contributed by atoms with Crippen molar-refractivity contribution >= 4 is 179 Å². The lowest BCUT2D eigenvalue weighted by Gasteiger charge is -2.25. The number of benzene rings is 10. The van der Waals surface area contributed by atoms with Gasteiger partial charge in [-0.15, -0.1) is 0 Å². The molecular formula is C100H94BBr5F6N22O8. The van der Waals surface area contributed by atoms with Gasteiger partial charge < -0.3 is 55.3 Å². The number of Topliss-reactive ketones (excluding diaryl/α,β-unsaturated/α-hetero) is 1. The molecule has 0 fully saturated rings. The zero-order valence-corrected chi connectivity index (χ0v) is 85.5. The zero-order chi connectivity index (χ0) is 103. The van der Waals surface area contributed by atoms with E-state index in [1.807, 2.05) is 125 Å². The fraction of sp³-hybridized carbons (Fsp3) is 0.140. The SMILES string of the molecule is CC(=O)C/C=N/Nc1ccc(Br)c(F)c1.CC(=O)N=CN(C)C.COC(=O)c1cnc(N(Cc2ccccc2)Cc2ccccc2)c2[nH]c(-c3ccc(-n4ncnc4C)cc3F)cc12.COC(=O)c1cnc(N(Cc2ccccc2)Cc2ccccc2)c2[nH]c(B(O)O)cc12.Cc1ncnn1-c1ccc(Br)c(F)c1.Cc1ncnn1-c1ccc(Br)c(F)c1.NNc1ccc(Br)c(F)c1.Nc1ccc(Br)c(F)c1. The van der Waals surface area contributed by atoms with E-state index >= 15 is 4.39 Å². The van der Waals surface area contributed by atoms with Crippen LogP contribution in [0.3, 0.4) is 0 Å². The maximum atomic E-state index is 15.5. The molecule has 0 unspecified atom stereocenters. The van der Waals surface area contributed by atoms with Crippen LogP contribution in [-0.4, -0.2) is 151 Å². The Labute approximate surface area is 855 Å². The van der Waals surface area contributed by atoms with Crippen LogP contribution in [0.1, 0.15) is 80.7 Å². The standard InChI is InChI=1S/C32H27FN6O2.C23H22BN3O4.C10H10BrFN2O.2C9H7BrFN3.C6H6BrFN2.C6H5BrFN.C5H10N2O/c1-21-35-20-36-39(21)24-13-14-25(28(33)15-24)29-16-26-27(32(40)41-2)17-34-31(30(26)37-29)38(18-22-9-5-3-6-10-22)19-23-11-7-4-8-12-23;1-31-23(28)19-13-25-22(21-18(19)12-20(26-21)24(29)30)27(14-16-8-4-2-5-9-16)15-17-10-6-3-7-11-17;1-7(15)4-5-13-14-8-2-3-9(11)10(12)6-8;2*1-6-12-5-13-14(6)7-2-3-8(10)9(11)4-7;7-5-2-1-4(10-9)3-6(5)8;7-5-2-1-4(9)3-6(5)8;1-5(8)6-4-7(2)3/h3-17,20,37H,18-19H2,1-2H3;2-13,26,29-30H,14-15H2,1H3;2-3,5-6,14H,4H2,1H3;2*2-5H,1H3;1-3,10H,9H2;1-3H,9H2;4H,1-3H3/b;;13-5+;;;;;. The number of nitrogen functional groups attached to an aromatic ring is 2. The second-order valence-electron chi connectivity index (χ2n) is 30.6. The van der Waals surface area contributed by atoms with Crippen LogP contribution in [0.25, 0.3) is 50.1 Å². The van der Waals surface area contributed by atoms with E-state index < -0.39 is 24.9 Å². The number of amides is 1. The van der Waals surface area contributed by atoms with Gasteiger partial charge in [-0.2, -0.15) is 20.4 Å². The zero-order valence-electron chi connectivity index (χ0n) is 77.6. The molecule has 42 heteroatoms. The predicted octanol–water partition coefficient (Wildman–Crippen LogP) is 20.6. The van der Waals surface area contributed by atoms with E-state index in [9.17, 15) is 51.2 Å². The molecule has 10 aromatic carbocycles. The Morgan fingerprint density at radius 3 is 1.18 bits per heavy atom. The third-order valence-electron chi connectivity index (χ3n) is 19.9. The van der Waals surface area contributed by atoms with Crippen LogP contribution in [0.2, 0.25) is 0 Å². The number of aryl methyl sites for hydroxylation is 3. The molecule has 30 nitrogen and oxygen atoms in total. The van der Waals surface area contributed by atoms with Gasteiger partial charge in [0, 0.05) is 130 Å². The third-order valence-corrected chi connectivity index (χ3v) is 23.1. The minimum atomic E-state index is -1.71. The van der Waals surface area contributed by atoms with E-state index in [-0.39, 0.29) is 58.4 Å². The van der Waals surface area contributed by atoms with Gasteiger partial charge in [-0.25, -0.2) is 79.9 Å². The molecule has 7 heterocycles. The molecule has 0 aliphatic heterocycles. The van der Waals surface area contributed by atoms with Gasteiger partial charge in [0.1, 0.15) is 77.1 Å².